The van der Waals surface area contributed by atoms with Crippen molar-refractivity contribution in [1.82, 2.24) is 4.90 Å². The molecule has 0 aliphatic carbocycles. The Morgan fingerprint density at radius 1 is 1.28 bits per heavy atom. The zero-order valence-electron chi connectivity index (χ0n) is 14.2. The number of halogens is 3. The first-order valence-corrected chi connectivity index (χ1v) is 8.52. The molecule has 130 valence electrons. The van der Waals surface area contributed by atoms with Crippen molar-refractivity contribution in [2.75, 3.05) is 13.6 Å². The zero-order valence-corrected chi connectivity index (χ0v) is 15.7. The molecule has 0 saturated heterocycles. The molecule has 2 rings (SSSR count). The van der Waals surface area contributed by atoms with Gasteiger partial charge in [-0.15, -0.1) is 0 Å². The van der Waals surface area contributed by atoms with Gasteiger partial charge in [-0.25, -0.2) is 9.38 Å². The quantitative estimate of drug-likeness (QED) is 0.494. The second-order valence-electron chi connectivity index (χ2n) is 5.71. The van der Waals surface area contributed by atoms with Crippen LogP contribution in [0.4, 0.5) is 10.1 Å². The molecule has 0 heterocycles. The fourth-order valence-electron chi connectivity index (χ4n) is 2.23. The lowest BCUT2D eigenvalue weighted by Crippen LogP contribution is -2.14. The predicted octanol–water partition coefficient (Wildman–Crippen LogP) is 5.71. The summed E-state index contributed by atoms with van der Waals surface area (Å²) in [7, 11) is 1.89. The van der Waals surface area contributed by atoms with Gasteiger partial charge in [0.15, 0.2) is 0 Å². The lowest BCUT2D eigenvalue weighted by Gasteiger charge is -2.14. The number of nitriles is 1. The summed E-state index contributed by atoms with van der Waals surface area (Å²) in [6.45, 7) is 4.48. The van der Waals surface area contributed by atoms with Crippen molar-refractivity contribution in [2.45, 2.75) is 19.8 Å². The summed E-state index contributed by atoms with van der Waals surface area (Å²) in [4.78, 5) is 6.20. The predicted molar refractivity (Wildman–Crippen MR) is 102 cm³/mol. The van der Waals surface area contributed by atoms with E-state index >= 15 is 0 Å². The van der Waals surface area contributed by atoms with Gasteiger partial charge in [0.1, 0.15) is 5.82 Å². The van der Waals surface area contributed by atoms with Crippen molar-refractivity contribution in [1.29, 1.82) is 5.26 Å². The third-order valence-corrected chi connectivity index (χ3v) is 4.56. The molecule has 6 heteroatoms. The number of aryl methyl sites for hydroxylation is 1. The molecule has 0 amide bonds. The van der Waals surface area contributed by atoms with Gasteiger partial charge in [0.25, 0.3) is 0 Å². The molecular weight excluding hydrogens is 360 g/mol. The fourth-order valence-corrected chi connectivity index (χ4v) is 2.71. The minimum atomic E-state index is -0.712. The summed E-state index contributed by atoms with van der Waals surface area (Å²) < 4.78 is 13.9. The molecule has 0 fully saturated rings. The molecule has 3 nitrogen and oxygen atoms in total. The number of rotatable bonds is 5. The monoisotopic (exact) mass is 377 g/mol. The van der Waals surface area contributed by atoms with E-state index in [2.05, 4.69) is 11.1 Å². The van der Waals surface area contributed by atoms with Gasteiger partial charge < -0.3 is 4.90 Å². The Morgan fingerprint density at radius 2 is 2.00 bits per heavy atom. The molecule has 25 heavy (non-hydrogen) atoms. The van der Waals surface area contributed by atoms with Crippen LogP contribution >= 0.6 is 23.2 Å². The Kier molecular flexibility index (Phi) is 6.41. The van der Waals surface area contributed by atoms with E-state index in [4.69, 9.17) is 23.2 Å². The van der Waals surface area contributed by atoms with Gasteiger partial charge in [0.05, 0.1) is 29.0 Å². The number of nitrogens with zero attached hydrogens (tertiary/aromatic N) is 3. The van der Waals surface area contributed by atoms with E-state index in [1.165, 1.54) is 6.07 Å². The first kappa shape index (κ1) is 19.2. The lowest BCUT2D eigenvalue weighted by atomic mass is 9.91. The summed E-state index contributed by atoms with van der Waals surface area (Å²) in [5.74, 6) is -1.07. The molecule has 0 aromatic heterocycles. The van der Waals surface area contributed by atoms with Crippen molar-refractivity contribution in [3.05, 3.63) is 62.9 Å². The first-order valence-electron chi connectivity index (χ1n) is 7.76. The van der Waals surface area contributed by atoms with Gasteiger partial charge in [0, 0.05) is 18.6 Å². The smallest absolute Gasteiger partial charge is 0.126 e. The maximum Gasteiger partial charge on any atom is 0.126 e. The van der Waals surface area contributed by atoms with Crippen LogP contribution in [0.5, 0.6) is 0 Å². The SMILES string of the molecule is CCN(C)C=Nc1cc(Cl)c(C(C#N)c2ccc(C)c(F)c2)cc1Cl. The zero-order chi connectivity index (χ0) is 18.6. The van der Waals surface area contributed by atoms with Crippen LogP contribution in [0, 0.1) is 24.1 Å². The van der Waals surface area contributed by atoms with Crippen molar-refractivity contribution in [3.63, 3.8) is 0 Å². The molecule has 0 bridgehead atoms. The van der Waals surface area contributed by atoms with Gasteiger partial charge >= 0.3 is 0 Å². The van der Waals surface area contributed by atoms with Crippen LogP contribution < -0.4 is 0 Å². The highest BCUT2D eigenvalue weighted by Crippen LogP contribution is 2.37. The topological polar surface area (TPSA) is 39.4 Å². The number of benzene rings is 2. The van der Waals surface area contributed by atoms with Crippen LogP contribution in [0.25, 0.3) is 0 Å². The Morgan fingerprint density at radius 3 is 2.60 bits per heavy atom. The highest BCUT2D eigenvalue weighted by Gasteiger charge is 2.19. The van der Waals surface area contributed by atoms with E-state index in [9.17, 15) is 9.65 Å². The number of hydrogen-bond donors (Lipinski definition) is 0. The Labute approximate surface area is 157 Å². The summed E-state index contributed by atoms with van der Waals surface area (Å²) in [5.41, 5.74) is 2.10. The molecule has 2 aromatic rings. The van der Waals surface area contributed by atoms with Gasteiger partial charge in [0.2, 0.25) is 0 Å². The van der Waals surface area contributed by atoms with Crippen molar-refractivity contribution >= 4 is 35.2 Å². The van der Waals surface area contributed by atoms with E-state index in [1.807, 2.05) is 18.9 Å². The summed E-state index contributed by atoms with van der Waals surface area (Å²) in [6.07, 6.45) is 1.66. The van der Waals surface area contributed by atoms with E-state index in [-0.39, 0.29) is 5.82 Å². The number of hydrogen-bond acceptors (Lipinski definition) is 2. The van der Waals surface area contributed by atoms with Crippen LogP contribution in [-0.2, 0) is 0 Å². The van der Waals surface area contributed by atoms with Crippen LogP contribution in [0.15, 0.2) is 35.3 Å². The van der Waals surface area contributed by atoms with Gasteiger partial charge in [-0.1, -0.05) is 35.3 Å². The number of aliphatic imine (C=N–C) groups is 1. The molecule has 0 aliphatic rings. The molecule has 2 aromatic carbocycles. The van der Waals surface area contributed by atoms with Gasteiger partial charge in [-0.3, -0.25) is 0 Å². The van der Waals surface area contributed by atoms with E-state index in [0.29, 0.717) is 32.4 Å². The second-order valence-corrected chi connectivity index (χ2v) is 6.53. The van der Waals surface area contributed by atoms with Gasteiger partial charge in [-0.05, 0) is 48.7 Å². The minimum Gasteiger partial charge on any atom is -0.366 e. The van der Waals surface area contributed by atoms with E-state index < -0.39 is 5.92 Å². The van der Waals surface area contributed by atoms with Crippen LogP contribution in [0.3, 0.4) is 0 Å². The lowest BCUT2D eigenvalue weighted by molar-refractivity contribution is 0.552. The van der Waals surface area contributed by atoms with E-state index in [1.54, 1.807) is 37.5 Å². The summed E-state index contributed by atoms with van der Waals surface area (Å²) in [5, 5.41) is 10.3. The normalized spacial score (nSPS) is 12.2. The highest BCUT2D eigenvalue weighted by molar-refractivity contribution is 6.35. The molecule has 0 spiro atoms. The Bertz CT molecular complexity index is 843. The second kappa shape index (κ2) is 8.33. The fraction of sp³-hybridized carbons (Fsp3) is 0.263. The van der Waals surface area contributed by atoms with Crippen LogP contribution in [-0.4, -0.2) is 24.8 Å². The summed E-state index contributed by atoms with van der Waals surface area (Å²) in [6, 6.07) is 10.1. The van der Waals surface area contributed by atoms with Crippen LogP contribution in [0.2, 0.25) is 10.0 Å². The molecular formula is C19H18Cl2FN3. The van der Waals surface area contributed by atoms with Crippen molar-refractivity contribution < 1.29 is 4.39 Å². The Balaban J connectivity index is 2.44. The highest BCUT2D eigenvalue weighted by atomic mass is 35.5. The maximum absolute atomic E-state index is 13.9. The molecule has 0 N–H and O–H groups in total. The Hall–Kier alpha value is -2.09. The molecule has 0 saturated carbocycles. The average Bonchev–Trinajstić information content (AvgIpc) is 2.59. The molecule has 1 atom stereocenters. The molecule has 0 radical (unpaired) electrons. The van der Waals surface area contributed by atoms with E-state index in [0.717, 1.165) is 6.54 Å². The van der Waals surface area contributed by atoms with Crippen LogP contribution in [0.1, 0.15) is 29.5 Å². The van der Waals surface area contributed by atoms with Crippen molar-refractivity contribution in [3.8, 4) is 6.07 Å². The molecule has 1 unspecified atom stereocenters. The standard InChI is InChI=1S/C19H18Cl2FN3/c1-4-25(3)11-24-19-9-16(20)14(8-17(19)21)15(10-23)13-6-5-12(2)18(22)7-13/h5-9,11,15H,4H2,1-3H3. The first-order chi connectivity index (χ1) is 11.9. The third kappa shape index (κ3) is 4.50. The van der Waals surface area contributed by atoms with Gasteiger partial charge in [-0.2, -0.15) is 5.26 Å². The third-order valence-electron chi connectivity index (χ3n) is 3.93. The molecule has 0 aliphatic heterocycles. The summed E-state index contributed by atoms with van der Waals surface area (Å²) >= 11 is 12.7. The average molecular weight is 378 g/mol. The van der Waals surface area contributed by atoms with Crippen molar-refractivity contribution in [2.24, 2.45) is 4.99 Å². The minimum absolute atomic E-state index is 0.358. The largest absolute Gasteiger partial charge is 0.366 e. The maximum atomic E-state index is 13.9.